The molecule has 0 aliphatic rings. The van der Waals surface area contributed by atoms with Gasteiger partial charge in [0.05, 0.1) is 5.56 Å². The van der Waals surface area contributed by atoms with Gasteiger partial charge >= 0.3 is 6.18 Å². The van der Waals surface area contributed by atoms with Crippen molar-refractivity contribution in [2.45, 2.75) is 12.7 Å². The summed E-state index contributed by atoms with van der Waals surface area (Å²) in [5, 5.41) is 3.30. The molecule has 20 heavy (non-hydrogen) atoms. The fraction of sp³-hybridized carbons (Fsp3) is 0.143. The third kappa shape index (κ3) is 3.42. The topological polar surface area (TPSA) is 12.0 Å². The van der Waals surface area contributed by atoms with E-state index in [4.69, 9.17) is 11.6 Å². The first-order chi connectivity index (χ1) is 9.38. The average Bonchev–Trinajstić information content (AvgIpc) is 2.38. The minimum absolute atomic E-state index is 0.179. The van der Waals surface area contributed by atoms with Crippen LogP contribution in [0.3, 0.4) is 0 Å². The van der Waals surface area contributed by atoms with Crippen molar-refractivity contribution in [1.29, 1.82) is 0 Å². The Morgan fingerprint density at radius 2 is 1.75 bits per heavy atom. The number of hydrogen-bond acceptors (Lipinski definition) is 1. The standard InChI is InChI=1S/C14H10ClF4N/c15-12-4-2-1-3-9(12)8-20-10-5-6-13(16)11(7-10)14(17,18)19/h1-7,20H,8H2. The summed E-state index contributed by atoms with van der Waals surface area (Å²) in [6, 6.07) is 9.75. The number of rotatable bonds is 3. The van der Waals surface area contributed by atoms with Gasteiger partial charge in [0.1, 0.15) is 5.82 Å². The Morgan fingerprint density at radius 3 is 2.40 bits per heavy atom. The summed E-state index contributed by atoms with van der Waals surface area (Å²) in [4.78, 5) is 0. The second-order valence-corrected chi connectivity index (χ2v) is 4.54. The zero-order chi connectivity index (χ0) is 14.8. The molecular weight excluding hydrogens is 294 g/mol. The van der Waals surface area contributed by atoms with Gasteiger partial charge in [0.2, 0.25) is 0 Å². The molecule has 0 heterocycles. The lowest BCUT2D eigenvalue weighted by molar-refractivity contribution is -0.139. The van der Waals surface area contributed by atoms with Crippen LogP contribution in [-0.2, 0) is 12.7 Å². The van der Waals surface area contributed by atoms with E-state index in [9.17, 15) is 17.6 Å². The highest BCUT2D eigenvalue weighted by molar-refractivity contribution is 6.31. The first-order valence-electron chi connectivity index (χ1n) is 5.72. The molecule has 0 radical (unpaired) electrons. The summed E-state index contributed by atoms with van der Waals surface area (Å²) in [6.07, 6.45) is -4.72. The second-order valence-electron chi connectivity index (χ2n) is 4.14. The fourth-order valence-corrected chi connectivity index (χ4v) is 1.89. The monoisotopic (exact) mass is 303 g/mol. The molecule has 2 aromatic rings. The van der Waals surface area contributed by atoms with Crippen LogP contribution in [0.15, 0.2) is 42.5 Å². The van der Waals surface area contributed by atoms with Crippen molar-refractivity contribution >= 4 is 17.3 Å². The lowest BCUT2D eigenvalue weighted by atomic mass is 10.1. The van der Waals surface area contributed by atoms with Gasteiger partial charge < -0.3 is 5.32 Å². The van der Waals surface area contributed by atoms with Gasteiger partial charge in [-0.1, -0.05) is 29.8 Å². The number of hydrogen-bond donors (Lipinski definition) is 1. The zero-order valence-electron chi connectivity index (χ0n) is 10.1. The molecule has 0 saturated heterocycles. The number of benzene rings is 2. The van der Waals surface area contributed by atoms with Crippen LogP contribution in [0.5, 0.6) is 0 Å². The summed E-state index contributed by atoms with van der Waals surface area (Å²) in [7, 11) is 0. The van der Waals surface area contributed by atoms with E-state index in [-0.39, 0.29) is 12.2 Å². The van der Waals surface area contributed by atoms with Crippen LogP contribution in [0.2, 0.25) is 5.02 Å². The Kier molecular flexibility index (Phi) is 4.18. The maximum Gasteiger partial charge on any atom is 0.419 e. The van der Waals surface area contributed by atoms with Crippen molar-refractivity contribution in [3.8, 4) is 0 Å². The Bertz CT molecular complexity index is 610. The molecule has 0 unspecified atom stereocenters. The van der Waals surface area contributed by atoms with E-state index in [0.29, 0.717) is 5.02 Å². The van der Waals surface area contributed by atoms with Crippen LogP contribution >= 0.6 is 11.6 Å². The van der Waals surface area contributed by atoms with Gasteiger partial charge in [-0.15, -0.1) is 0 Å². The molecule has 0 saturated carbocycles. The predicted molar refractivity (Wildman–Crippen MR) is 70.2 cm³/mol. The summed E-state index contributed by atoms with van der Waals surface area (Å²) < 4.78 is 50.8. The molecule has 2 aromatic carbocycles. The van der Waals surface area contributed by atoms with Crippen LogP contribution in [-0.4, -0.2) is 0 Å². The molecule has 0 bridgehead atoms. The van der Waals surface area contributed by atoms with E-state index in [2.05, 4.69) is 5.32 Å². The van der Waals surface area contributed by atoms with Gasteiger partial charge in [0.25, 0.3) is 0 Å². The van der Waals surface area contributed by atoms with Gasteiger partial charge in [0, 0.05) is 17.3 Å². The third-order valence-corrected chi connectivity index (χ3v) is 3.08. The van der Waals surface area contributed by atoms with Crippen LogP contribution in [0.25, 0.3) is 0 Å². The SMILES string of the molecule is Fc1ccc(NCc2ccccc2Cl)cc1C(F)(F)F. The smallest absolute Gasteiger partial charge is 0.381 e. The highest BCUT2D eigenvalue weighted by Gasteiger charge is 2.34. The Labute approximate surface area is 118 Å². The molecule has 0 fully saturated rings. The van der Waals surface area contributed by atoms with Crippen molar-refractivity contribution in [2.24, 2.45) is 0 Å². The van der Waals surface area contributed by atoms with Crippen LogP contribution in [0, 0.1) is 5.82 Å². The van der Waals surface area contributed by atoms with Crippen LogP contribution in [0.4, 0.5) is 23.2 Å². The van der Waals surface area contributed by atoms with Crippen LogP contribution < -0.4 is 5.32 Å². The molecule has 106 valence electrons. The molecule has 0 atom stereocenters. The molecule has 0 aliphatic heterocycles. The highest BCUT2D eigenvalue weighted by atomic mass is 35.5. The zero-order valence-corrected chi connectivity index (χ0v) is 10.9. The molecule has 2 rings (SSSR count). The van der Waals surface area contributed by atoms with Crippen molar-refractivity contribution in [3.63, 3.8) is 0 Å². The van der Waals surface area contributed by atoms with Gasteiger partial charge in [-0.2, -0.15) is 13.2 Å². The Hall–Kier alpha value is -1.75. The summed E-state index contributed by atoms with van der Waals surface area (Å²) in [5.74, 6) is -1.29. The Balaban J connectivity index is 2.17. The molecule has 1 N–H and O–H groups in total. The summed E-state index contributed by atoms with van der Waals surface area (Å²) in [6.45, 7) is 0.253. The van der Waals surface area contributed by atoms with E-state index in [0.717, 1.165) is 17.7 Å². The van der Waals surface area contributed by atoms with Gasteiger partial charge in [-0.05, 0) is 29.8 Å². The van der Waals surface area contributed by atoms with Gasteiger partial charge in [-0.3, -0.25) is 0 Å². The molecule has 1 nitrogen and oxygen atoms in total. The minimum atomic E-state index is -4.72. The molecular formula is C14H10ClF4N. The van der Waals surface area contributed by atoms with Crippen molar-refractivity contribution < 1.29 is 17.6 Å². The molecule has 0 amide bonds. The highest BCUT2D eigenvalue weighted by Crippen LogP contribution is 2.33. The van der Waals surface area contributed by atoms with E-state index >= 15 is 0 Å². The molecule has 0 spiro atoms. The molecule has 0 aromatic heterocycles. The van der Waals surface area contributed by atoms with E-state index in [1.807, 2.05) is 0 Å². The predicted octanol–water partition coefficient (Wildman–Crippen LogP) is 5.11. The van der Waals surface area contributed by atoms with Gasteiger partial charge in [-0.25, -0.2) is 4.39 Å². The van der Waals surface area contributed by atoms with Crippen molar-refractivity contribution in [3.05, 3.63) is 64.4 Å². The number of nitrogens with one attached hydrogen (secondary N) is 1. The normalized spacial score (nSPS) is 11.4. The van der Waals surface area contributed by atoms with Crippen molar-refractivity contribution in [1.82, 2.24) is 0 Å². The number of alkyl halides is 3. The van der Waals surface area contributed by atoms with E-state index in [1.54, 1.807) is 24.3 Å². The maximum absolute atomic E-state index is 13.1. The summed E-state index contributed by atoms with van der Waals surface area (Å²) in [5.41, 5.74) is -0.368. The lowest BCUT2D eigenvalue weighted by Crippen LogP contribution is -2.09. The second kappa shape index (κ2) is 5.71. The maximum atomic E-state index is 13.1. The van der Waals surface area contributed by atoms with E-state index < -0.39 is 17.6 Å². The Morgan fingerprint density at radius 1 is 1.05 bits per heavy atom. The van der Waals surface area contributed by atoms with Gasteiger partial charge in [0.15, 0.2) is 0 Å². The fourth-order valence-electron chi connectivity index (χ4n) is 1.69. The average molecular weight is 304 g/mol. The van der Waals surface area contributed by atoms with Crippen molar-refractivity contribution in [2.75, 3.05) is 5.32 Å². The minimum Gasteiger partial charge on any atom is -0.381 e. The van der Waals surface area contributed by atoms with Crippen LogP contribution in [0.1, 0.15) is 11.1 Å². The number of halogens is 5. The largest absolute Gasteiger partial charge is 0.419 e. The molecule has 6 heteroatoms. The number of anilines is 1. The first kappa shape index (κ1) is 14.7. The molecule has 0 aliphatic carbocycles. The van der Waals surface area contributed by atoms with E-state index in [1.165, 1.54) is 6.07 Å². The quantitative estimate of drug-likeness (QED) is 0.777. The lowest BCUT2D eigenvalue weighted by Gasteiger charge is -2.12. The summed E-state index contributed by atoms with van der Waals surface area (Å²) >= 11 is 5.94. The third-order valence-electron chi connectivity index (χ3n) is 2.71. The first-order valence-corrected chi connectivity index (χ1v) is 6.10.